The van der Waals surface area contributed by atoms with Gasteiger partial charge in [0.05, 0.1) is 6.04 Å². The number of hydrogen-bond donors (Lipinski definition) is 0. The topological polar surface area (TPSA) is 3.24 Å². The highest BCUT2D eigenvalue weighted by molar-refractivity contribution is 4.91. The molecule has 7 heteroatoms. The quantitative estimate of drug-likeness (QED) is 0.678. The van der Waals surface area contributed by atoms with Crippen LogP contribution in [0.4, 0.5) is 26.3 Å². The molecule has 0 rings (SSSR count). The summed E-state index contributed by atoms with van der Waals surface area (Å²) in [6.45, 7) is 4.22. The zero-order chi connectivity index (χ0) is 13.1. The fourth-order valence-electron chi connectivity index (χ4n) is 1.44. The molecule has 16 heavy (non-hydrogen) atoms. The summed E-state index contributed by atoms with van der Waals surface area (Å²) in [6, 6.07) is -1.79. The summed E-state index contributed by atoms with van der Waals surface area (Å²) in [5, 5.41) is 0. The van der Waals surface area contributed by atoms with E-state index < -0.39 is 24.3 Å². The maximum absolute atomic E-state index is 13.2. The molecule has 0 aromatic rings. The molecule has 0 amide bonds. The lowest BCUT2D eigenvalue weighted by molar-refractivity contribution is -0.257. The van der Waals surface area contributed by atoms with Gasteiger partial charge in [0.25, 0.3) is 6.17 Å². The summed E-state index contributed by atoms with van der Waals surface area (Å²) in [6.07, 6.45) is -9.67. The standard InChI is InChI=1S/C9H15F6N/c1-4-16(5-2)6(3)8(11,12)7(10)9(13,14)15/h6-7H,4-5H2,1-3H3. The number of halogens is 6. The predicted molar refractivity (Wildman–Crippen MR) is 48.3 cm³/mol. The van der Waals surface area contributed by atoms with Crippen LogP contribution in [0.5, 0.6) is 0 Å². The van der Waals surface area contributed by atoms with Crippen molar-refractivity contribution in [2.45, 2.75) is 45.1 Å². The summed E-state index contributed by atoms with van der Waals surface area (Å²) < 4.78 is 74.8. The molecule has 0 fully saturated rings. The van der Waals surface area contributed by atoms with Crippen LogP contribution in [-0.2, 0) is 0 Å². The van der Waals surface area contributed by atoms with E-state index in [2.05, 4.69) is 0 Å². The molecular weight excluding hydrogens is 236 g/mol. The molecule has 0 bridgehead atoms. The average Bonchev–Trinajstić information content (AvgIpc) is 2.16. The Morgan fingerprint density at radius 2 is 1.38 bits per heavy atom. The lowest BCUT2D eigenvalue weighted by atomic mass is 10.0. The Labute approximate surface area is 90.4 Å². The Kier molecular flexibility index (Phi) is 5.10. The Hall–Kier alpha value is -0.460. The van der Waals surface area contributed by atoms with E-state index in [1.54, 1.807) is 0 Å². The summed E-state index contributed by atoms with van der Waals surface area (Å²) in [5.41, 5.74) is 0. The van der Waals surface area contributed by atoms with Gasteiger partial charge >= 0.3 is 12.1 Å². The van der Waals surface area contributed by atoms with Crippen molar-refractivity contribution >= 4 is 0 Å². The zero-order valence-corrected chi connectivity index (χ0v) is 9.28. The molecule has 0 aromatic heterocycles. The first-order valence-electron chi connectivity index (χ1n) is 4.91. The molecule has 0 aromatic carbocycles. The first kappa shape index (κ1) is 15.5. The zero-order valence-electron chi connectivity index (χ0n) is 9.28. The molecule has 0 aliphatic carbocycles. The molecule has 0 saturated carbocycles. The first-order chi connectivity index (χ1) is 7.08. The second-order valence-corrected chi connectivity index (χ2v) is 3.48. The number of hydrogen-bond acceptors (Lipinski definition) is 1. The summed E-state index contributed by atoms with van der Waals surface area (Å²) >= 11 is 0. The normalized spacial score (nSPS) is 17.6. The largest absolute Gasteiger partial charge is 0.425 e. The summed E-state index contributed by atoms with van der Waals surface area (Å²) in [5.74, 6) is -4.44. The second-order valence-electron chi connectivity index (χ2n) is 3.48. The van der Waals surface area contributed by atoms with Crippen molar-refractivity contribution in [3.8, 4) is 0 Å². The van der Waals surface area contributed by atoms with E-state index >= 15 is 0 Å². The van der Waals surface area contributed by atoms with Gasteiger partial charge in [-0.2, -0.15) is 13.2 Å². The number of alkyl halides is 6. The van der Waals surface area contributed by atoms with Crippen LogP contribution in [0.15, 0.2) is 0 Å². The van der Waals surface area contributed by atoms with Gasteiger partial charge in [-0.1, -0.05) is 13.8 Å². The van der Waals surface area contributed by atoms with Crippen molar-refractivity contribution in [1.82, 2.24) is 4.90 Å². The van der Waals surface area contributed by atoms with E-state index in [-0.39, 0.29) is 13.1 Å². The molecule has 0 heterocycles. The minimum Gasteiger partial charge on any atom is -0.295 e. The molecule has 0 spiro atoms. The van der Waals surface area contributed by atoms with E-state index in [1.165, 1.54) is 13.8 Å². The Balaban J connectivity index is 4.89. The smallest absolute Gasteiger partial charge is 0.295 e. The molecular formula is C9H15F6N. The highest BCUT2D eigenvalue weighted by atomic mass is 19.4. The predicted octanol–water partition coefficient (Wildman–Crippen LogP) is 3.25. The second kappa shape index (κ2) is 5.25. The van der Waals surface area contributed by atoms with Gasteiger partial charge in [-0.15, -0.1) is 0 Å². The molecule has 1 nitrogen and oxygen atoms in total. The van der Waals surface area contributed by atoms with Crippen molar-refractivity contribution in [2.75, 3.05) is 13.1 Å². The van der Waals surface area contributed by atoms with Crippen LogP contribution in [0.1, 0.15) is 20.8 Å². The molecule has 0 radical (unpaired) electrons. The fourth-order valence-corrected chi connectivity index (χ4v) is 1.44. The van der Waals surface area contributed by atoms with Crippen LogP contribution in [0.3, 0.4) is 0 Å². The summed E-state index contributed by atoms with van der Waals surface area (Å²) in [4.78, 5) is 1.08. The Morgan fingerprint density at radius 1 is 1.00 bits per heavy atom. The third-order valence-corrected chi connectivity index (χ3v) is 2.54. The molecule has 2 atom stereocenters. The fraction of sp³-hybridized carbons (Fsp3) is 1.00. The van der Waals surface area contributed by atoms with Gasteiger partial charge < -0.3 is 0 Å². The van der Waals surface area contributed by atoms with E-state index in [9.17, 15) is 26.3 Å². The van der Waals surface area contributed by atoms with Crippen molar-refractivity contribution < 1.29 is 26.3 Å². The number of rotatable bonds is 5. The third-order valence-electron chi connectivity index (χ3n) is 2.54. The van der Waals surface area contributed by atoms with Gasteiger partial charge in [0, 0.05) is 0 Å². The van der Waals surface area contributed by atoms with Crippen molar-refractivity contribution in [2.24, 2.45) is 0 Å². The van der Waals surface area contributed by atoms with Gasteiger partial charge in [0.2, 0.25) is 0 Å². The van der Waals surface area contributed by atoms with Crippen LogP contribution < -0.4 is 0 Å². The van der Waals surface area contributed by atoms with Gasteiger partial charge in [0.15, 0.2) is 0 Å². The lowest BCUT2D eigenvalue weighted by Gasteiger charge is -2.35. The molecule has 0 aliphatic heterocycles. The van der Waals surface area contributed by atoms with E-state index in [0.29, 0.717) is 0 Å². The maximum Gasteiger partial charge on any atom is 0.425 e. The highest BCUT2D eigenvalue weighted by Gasteiger charge is 2.60. The number of nitrogens with zero attached hydrogens (tertiary/aromatic N) is 1. The van der Waals surface area contributed by atoms with Gasteiger partial charge in [0.1, 0.15) is 0 Å². The molecule has 0 N–H and O–H groups in total. The van der Waals surface area contributed by atoms with Gasteiger partial charge in [-0.05, 0) is 20.0 Å². The lowest BCUT2D eigenvalue weighted by Crippen LogP contribution is -2.55. The van der Waals surface area contributed by atoms with E-state index in [1.807, 2.05) is 0 Å². The first-order valence-corrected chi connectivity index (χ1v) is 4.91. The molecule has 98 valence electrons. The van der Waals surface area contributed by atoms with Gasteiger partial charge in [-0.3, -0.25) is 4.90 Å². The third kappa shape index (κ3) is 3.26. The van der Waals surface area contributed by atoms with Crippen molar-refractivity contribution in [3.05, 3.63) is 0 Å². The summed E-state index contributed by atoms with van der Waals surface area (Å²) in [7, 11) is 0. The maximum atomic E-state index is 13.2. The monoisotopic (exact) mass is 251 g/mol. The van der Waals surface area contributed by atoms with E-state index in [0.717, 1.165) is 11.8 Å². The van der Waals surface area contributed by atoms with Crippen LogP contribution in [-0.4, -0.2) is 42.3 Å². The van der Waals surface area contributed by atoms with Crippen LogP contribution in [0, 0.1) is 0 Å². The molecule has 0 saturated heterocycles. The van der Waals surface area contributed by atoms with E-state index in [4.69, 9.17) is 0 Å². The minimum absolute atomic E-state index is 0.137. The van der Waals surface area contributed by atoms with Gasteiger partial charge in [-0.25, -0.2) is 13.2 Å². The van der Waals surface area contributed by atoms with Crippen LogP contribution in [0.2, 0.25) is 0 Å². The molecule has 2 unspecified atom stereocenters. The molecule has 0 aliphatic rings. The SMILES string of the molecule is CCN(CC)C(C)C(F)(F)C(F)C(F)(F)F. The minimum atomic E-state index is -5.54. The van der Waals surface area contributed by atoms with Crippen LogP contribution >= 0.6 is 0 Å². The average molecular weight is 251 g/mol. The van der Waals surface area contributed by atoms with Crippen LogP contribution in [0.25, 0.3) is 0 Å². The Bertz CT molecular complexity index is 211. The van der Waals surface area contributed by atoms with Crippen molar-refractivity contribution in [1.29, 1.82) is 0 Å². The Morgan fingerprint density at radius 3 is 1.62 bits per heavy atom. The highest BCUT2D eigenvalue weighted by Crippen LogP contribution is 2.38. The van der Waals surface area contributed by atoms with Crippen molar-refractivity contribution in [3.63, 3.8) is 0 Å².